The molecular weight excluding hydrogens is 238 g/mol. The molecule has 1 aromatic carbocycles. The van der Waals surface area contributed by atoms with Crippen LogP contribution in [0.4, 0.5) is 0 Å². The van der Waals surface area contributed by atoms with E-state index in [4.69, 9.17) is 21.1 Å². The van der Waals surface area contributed by atoms with Gasteiger partial charge >= 0.3 is 0 Å². The first-order chi connectivity index (χ1) is 8.29. The third-order valence-electron chi connectivity index (χ3n) is 2.88. The van der Waals surface area contributed by atoms with Crippen molar-refractivity contribution >= 4 is 11.6 Å². The van der Waals surface area contributed by atoms with Crippen LogP contribution in [0.3, 0.4) is 0 Å². The van der Waals surface area contributed by atoms with Crippen LogP contribution < -0.4 is 5.32 Å². The van der Waals surface area contributed by atoms with Gasteiger partial charge in [0, 0.05) is 18.2 Å². The van der Waals surface area contributed by atoms with E-state index in [0.29, 0.717) is 6.61 Å². The van der Waals surface area contributed by atoms with E-state index in [9.17, 15) is 0 Å². The Balaban J connectivity index is 2.02. The Labute approximate surface area is 107 Å². The molecule has 4 heteroatoms. The lowest BCUT2D eigenvalue weighted by molar-refractivity contribution is -0.0156. The number of nitrogens with one attached hydrogen (secondary N) is 1. The third kappa shape index (κ3) is 3.68. The van der Waals surface area contributed by atoms with Gasteiger partial charge in [0.25, 0.3) is 0 Å². The van der Waals surface area contributed by atoms with Crippen LogP contribution in [-0.2, 0) is 9.47 Å². The van der Waals surface area contributed by atoms with Crippen molar-refractivity contribution in [2.75, 3.05) is 26.8 Å². The van der Waals surface area contributed by atoms with Gasteiger partial charge in [-0.25, -0.2) is 0 Å². The maximum atomic E-state index is 6.05. The van der Waals surface area contributed by atoms with Gasteiger partial charge in [0.1, 0.15) is 0 Å². The fraction of sp³-hybridized carbons (Fsp3) is 0.538. The number of rotatable bonds is 5. The summed E-state index contributed by atoms with van der Waals surface area (Å²) in [6.45, 7) is 2.30. The fourth-order valence-electron chi connectivity index (χ4n) is 1.96. The van der Waals surface area contributed by atoms with Gasteiger partial charge in [0.2, 0.25) is 0 Å². The Kier molecular flexibility index (Phi) is 4.80. The molecule has 2 atom stereocenters. The zero-order valence-corrected chi connectivity index (χ0v) is 10.7. The van der Waals surface area contributed by atoms with Crippen LogP contribution in [-0.4, -0.2) is 32.9 Å². The van der Waals surface area contributed by atoms with Crippen molar-refractivity contribution in [2.24, 2.45) is 0 Å². The average Bonchev–Trinajstić information content (AvgIpc) is 2.82. The molecule has 0 bridgehead atoms. The predicted molar refractivity (Wildman–Crippen MR) is 68.4 cm³/mol. The number of ether oxygens (including phenoxy) is 2. The van der Waals surface area contributed by atoms with Crippen LogP contribution in [0.25, 0.3) is 0 Å². The smallest absolute Gasteiger partial charge is 0.0954 e. The summed E-state index contributed by atoms with van der Waals surface area (Å²) >= 11 is 5.89. The molecule has 94 valence electrons. The molecule has 0 saturated carbocycles. The molecule has 0 spiro atoms. The van der Waals surface area contributed by atoms with Crippen LogP contribution in [0.2, 0.25) is 5.02 Å². The van der Waals surface area contributed by atoms with Crippen molar-refractivity contribution in [3.63, 3.8) is 0 Å². The molecule has 1 N–H and O–H groups in total. The van der Waals surface area contributed by atoms with E-state index in [0.717, 1.165) is 30.2 Å². The average molecular weight is 256 g/mol. The molecule has 0 radical (unpaired) electrons. The maximum absolute atomic E-state index is 6.05. The lowest BCUT2D eigenvalue weighted by Gasteiger charge is -2.21. The van der Waals surface area contributed by atoms with Crippen LogP contribution in [0, 0.1) is 0 Å². The zero-order valence-electron chi connectivity index (χ0n) is 9.99. The van der Waals surface area contributed by atoms with E-state index in [1.54, 1.807) is 0 Å². The molecule has 0 aliphatic carbocycles. The SMILES string of the molecule is CNCC(OC1CCOC1)c1ccc(Cl)cc1. The van der Waals surface area contributed by atoms with E-state index in [1.165, 1.54) is 0 Å². The third-order valence-corrected chi connectivity index (χ3v) is 3.13. The molecule has 1 saturated heterocycles. The second-order valence-electron chi connectivity index (χ2n) is 4.22. The topological polar surface area (TPSA) is 30.5 Å². The summed E-state index contributed by atoms with van der Waals surface area (Å²) in [5.41, 5.74) is 1.15. The highest BCUT2D eigenvalue weighted by atomic mass is 35.5. The van der Waals surface area contributed by atoms with Crippen LogP contribution >= 0.6 is 11.6 Å². The van der Waals surface area contributed by atoms with Gasteiger partial charge in [-0.2, -0.15) is 0 Å². The van der Waals surface area contributed by atoms with Gasteiger partial charge in [-0.1, -0.05) is 23.7 Å². The van der Waals surface area contributed by atoms with Crippen LogP contribution in [0.15, 0.2) is 24.3 Å². The zero-order chi connectivity index (χ0) is 12.1. The molecule has 2 rings (SSSR count). The quantitative estimate of drug-likeness (QED) is 0.877. The van der Waals surface area contributed by atoms with Gasteiger partial charge in [-0.05, 0) is 31.2 Å². The Morgan fingerprint density at radius 3 is 2.82 bits per heavy atom. The summed E-state index contributed by atoms with van der Waals surface area (Å²) in [6, 6.07) is 7.82. The summed E-state index contributed by atoms with van der Waals surface area (Å²) in [5.74, 6) is 0. The summed E-state index contributed by atoms with van der Waals surface area (Å²) in [5, 5.41) is 3.91. The normalized spacial score (nSPS) is 21.6. The maximum Gasteiger partial charge on any atom is 0.0954 e. The van der Waals surface area contributed by atoms with Crippen LogP contribution in [0.5, 0.6) is 0 Å². The van der Waals surface area contributed by atoms with Crippen molar-refractivity contribution in [3.05, 3.63) is 34.9 Å². The largest absolute Gasteiger partial charge is 0.379 e. The Hall–Kier alpha value is -0.610. The van der Waals surface area contributed by atoms with E-state index >= 15 is 0 Å². The summed E-state index contributed by atoms with van der Waals surface area (Å²) in [6.07, 6.45) is 1.25. The summed E-state index contributed by atoms with van der Waals surface area (Å²) in [4.78, 5) is 0. The highest BCUT2D eigenvalue weighted by Crippen LogP contribution is 2.23. The van der Waals surface area contributed by atoms with Gasteiger partial charge in [0.15, 0.2) is 0 Å². The first kappa shape index (κ1) is 12.8. The van der Waals surface area contributed by atoms with Gasteiger partial charge in [-0.3, -0.25) is 0 Å². The number of benzene rings is 1. The standard InChI is InChI=1S/C13H18ClNO2/c1-15-8-13(17-12-6-7-16-9-12)10-2-4-11(14)5-3-10/h2-5,12-13,15H,6-9H2,1H3. The molecule has 3 nitrogen and oxygen atoms in total. The minimum Gasteiger partial charge on any atom is -0.379 e. The number of hydrogen-bond acceptors (Lipinski definition) is 3. The Bertz CT molecular complexity index is 336. The van der Waals surface area contributed by atoms with Crippen LogP contribution in [0.1, 0.15) is 18.1 Å². The monoisotopic (exact) mass is 255 g/mol. The molecule has 1 heterocycles. The number of halogens is 1. The van der Waals surface area contributed by atoms with E-state index < -0.39 is 0 Å². The first-order valence-electron chi connectivity index (χ1n) is 5.93. The molecular formula is C13H18ClNO2. The molecule has 0 aromatic heterocycles. The molecule has 1 aliphatic rings. The lowest BCUT2D eigenvalue weighted by atomic mass is 10.1. The summed E-state index contributed by atoms with van der Waals surface area (Å²) < 4.78 is 11.4. The predicted octanol–water partition coefficient (Wildman–Crippen LogP) is 2.41. The number of likely N-dealkylation sites (N-methyl/N-ethyl adjacent to an activating group) is 1. The second kappa shape index (κ2) is 6.36. The molecule has 1 aliphatic heterocycles. The fourth-order valence-corrected chi connectivity index (χ4v) is 2.09. The molecule has 1 fully saturated rings. The molecule has 0 amide bonds. The van der Waals surface area contributed by atoms with Gasteiger partial charge in [-0.15, -0.1) is 0 Å². The lowest BCUT2D eigenvalue weighted by Crippen LogP contribution is -2.25. The first-order valence-corrected chi connectivity index (χ1v) is 6.30. The number of hydrogen-bond donors (Lipinski definition) is 1. The summed E-state index contributed by atoms with van der Waals surface area (Å²) in [7, 11) is 1.93. The van der Waals surface area contributed by atoms with E-state index in [2.05, 4.69) is 5.32 Å². The van der Waals surface area contributed by atoms with Crippen molar-refractivity contribution in [1.82, 2.24) is 5.32 Å². The van der Waals surface area contributed by atoms with Gasteiger partial charge in [0.05, 0.1) is 18.8 Å². The van der Waals surface area contributed by atoms with Crippen molar-refractivity contribution in [1.29, 1.82) is 0 Å². The van der Waals surface area contributed by atoms with E-state index in [-0.39, 0.29) is 12.2 Å². The van der Waals surface area contributed by atoms with E-state index in [1.807, 2.05) is 31.3 Å². The molecule has 1 aromatic rings. The van der Waals surface area contributed by atoms with Crippen molar-refractivity contribution in [2.45, 2.75) is 18.6 Å². The highest BCUT2D eigenvalue weighted by molar-refractivity contribution is 6.30. The van der Waals surface area contributed by atoms with Crippen molar-refractivity contribution in [3.8, 4) is 0 Å². The Morgan fingerprint density at radius 1 is 1.47 bits per heavy atom. The Morgan fingerprint density at radius 2 is 2.24 bits per heavy atom. The highest BCUT2D eigenvalue weighted by Gasteiger charge is 2.21. The molecule has 2 unspecified atom stereocenters. The van der Waals surface area contributed by atoms with Crippen molar-refractivity contribution < 1.29 is 9.47 Å². The second-order valence-corrected chi connectivity index (χ2v) is 4.66. The minimum atomic E-state index is 0.0592. The molecule has 17 heavy (non-hydrogen) atoms. The minimum absolute atomic E-state index is 0.0592. The van der Waals surface area contributed by atoms with Gasteiger partial charge < -0.3 is 14.8 Å².